The van der Waals surface area contributed by atoms with Crippen molar-refractivity contribution in [3.63, 3.8) is 0 Å². The Balaban J connectivity index is 1.61. The number of aryl methyl sites for hydroxylation is 1. The third-order valence-corrected chi connectivity index (χ3v) is 5.11. The van der Waals surface area contributed by atoms with E-state index in [0.717, 1.165) is 0 Å². The number of nitrogens with one attached hydrogen (secondary N) is 1. The number of rotatable bonds is 3. The Morgan fingerprint density at radius 3 is 2.67 bits per heavy atom. The van der Waals surface area contributed by atoms with Crippen molar-refractivity contribution in [2.75, 3.05) is 5.32 Å². The van der Waals surface area contributed by atoms with E-state index in [9.17, 15) is 19.5 Å². The molecule has 0 aliphatic heterocycles. The van der Waals surface area contributed by atoms with Gasteiger partial charge in [-0.05, 0) is 30.4 Å². The van der Waals surface area contributed by atoms with Crippen molar-refractivity contribution in [2.24, 2.45) is 30.7 Å². The number of hydrogen-bond donors (Lipinski definition) is 2. The molecule has 7 heteroatoms. The molecule has 1 aromatic carbocycles. The van der Waals surface area contributed by atoms with Crippen LogP contribution in [0.25, 0.3) is 11.1 Å². The molecule has 0 spiro atoms. The molecular weight excluding hydrogens is 312 g/mol. The maximum absolute atomic E-state index is 12.6. The number of aliphatic carboxylic acids is 1. The lowest BCUT2D eigenvalue weighted by molar-refractivity contribution is -0.146. The van der Waals surface area contributed by atoms with Gasteiger partial charge in [0.15, 0.2) is 5.58 Å². The van der Waals surface area contributed by atoms with Gasteiger partial charge in [0.25, 0.3) is 0 Å². The minimum Gasteiger partial charge on any atom is -0.481 e. The van der Waals surface area contributed by atoms with Crippen molar-refractivity contribution in [1.82, 2.24) is 4.57 Å². The number of carbonyl (C=O) groups is 2. The predicted molar refractivity (Wildman–Crippen MR) is 85.4 cm³/mol. The fourth-order valence-electron chi connectivity index (χ4n) is 3.95. The van der Waals surface area contributed by atoms with Crippen LogP contribution in [0.15, 0.2) is 39.6 Å². The molecule has 1 amide bonds. The highest BCUT2D eigenvalue weighted by Crippen LogP contribution is 2.48. The first-order chi connectivity index (χ1) is 11.5. The third-order valence-electron chi connectivity index (χ3n) is 5.11. The van der Waals surface area contributed by atoms with Gasteiger partial charge in [-0.2, -0.15) is 0 Å². The van der Waals surface area contributed by atoms with Gasteiger partial charge < -0.3 is 14.8 Å². The summed E-state index contributed by atoms with van der Waals surface area (Å²) >= 11 is 0. The highest BCUT2D eigenvalue weighted by molar-refractivity contribution is 5.97. The first kappa shape index (κ1) is 14.7. The Morgan fingerprint density at radius 2 is 1.96 bits per heavy atom. The highest BCUT2D eigenvalue weighted by Gasteiger charge is 2.51. The Hall–Kier alpha value is -2.83. The summed E-state index contributed by atoms with van der Waals surface area (Å²) in [5.74, 6) is -3.08. The van der Waals surface area contributed by atoms with Crippen LogP contribution in [0.3, 0.4) is 0 Å². The van der Waals surface area contributed by atoms with E-state index >= 15 is 0 Å². The van der Waals surface area contributed by atoms with E-state index in [2.05, 4.69) is 5.32 Å². The van der Waals surface area contributed by atoms with Gasteiger partial charge in [0, 0.05) is 18.8 Å². The number of nitrogens with zero attached hydrogens (tertiary/aromatic N) is 1. The number of oxazole rings is 1. The molecule has 2 aliphatic rings. The minimum absolute atomic E-state index is 0.0329. The summed E-state index contributed by atoms with van der Waals surface area (Å²) in [6.45, 7) is 0. The summed E-state index contributed by atoms with van der Waals surface area (Å²) in [5, 5.41) is 12.2. The molecule has 0 unspecified atom stereocenters. The van der Waals surface area contributed by atoms with Crippen molar-refractivity contribution in [3.8, 4) is 0 Å². The molecule has 2 aliphatic carbocycles. The lowest BCUT2D eigenvalue weighted by Crippen LogP contribution is -2.36. The number of hydrogen-bond acceptors (Lipinski definition) is 4. The number of aromatic nitrogens is 1. The second-order valence-corrected chi connectivity index (χ2v) is 6.44. The van der Waals surface area contributed by atoms with E-state index in [0.29, 0.717) is 23.2 Å². The van der Waals surface area contributed by atoms with E-state index < -0.39 is 23.6 Å². The van der Waals surface area contributed by atoms with Crippen LogP contribution in [0, 0.1) is 23.7 Å². The molecule has 24 heavy (non-hydrogen) atoms. The second-order valence-electron chi connectivity index (χ2n) is 6.44. The summed E-state index contributed by atoms with van der Waals surface area (Å²) < 4.78 is 6.48. The van der Waals surface area contributed by atoms with Gasteiger partial charge in [-0.25, -0.2) is 4.79 Å². The zero-order chi connectivity index (χ0) is 17.0. The van der Waals surface area contributed by atoms with Crippen LogP contribution in [-0.4, -0.2) is 21.6 Å². The first-order valence-corrected chi connectivity index (χ1v) is 7.77. The SMILES string of the molecule is Cn1c(=O)oc2cc(NC(=O)[C@H]3[C@H](C(=O)O)[C@H]4C=C[C@H]3C4)ccc21. The van der Waals surface area contributed by atoms with Crippen LogP contribution in [0.5, 0.6) is 0 Å². The fraction of sp³-hybridized carbons (Fsp3) is 0.353. The van der Waals surface area contributed by atoms with Gasteiger partial charge in [0.1, 0.15) is 0 Å². The van der Waals surface area contributed by atoms with Gasteiger partial charge in [-0.15, -0.1) is 0 Å². The largest absolute Gasteiger partial charge is 0.481 e. The standard InChI is InChI=1S/C17H16N2O5/c1-19-11-5-4-10(7-12(11)24-17(19)23)18-15(20)13-8-2-3-9(6-8)14(13)16(21)22/h2-5,7-9,13-14H,6H2,1H3,(H,18,20)(H,21,22)/t8-,9-,13+,14+/m0/s1. The van der Waals surface area contributed by atoms with Gasteiger partial charge in [0.05, 0.1) is 17.4 Å². The van der Waals surface area contributed by atoms with Crippen molar-refractivity contribution in [1.29, 1.82) is 0 Å². The molecule has 4 rings (SSSR count). The maximum Gasteiger partial charge on any atom is 0.419 e. The van der Waals surface area contributed by atoms with E-state index in [1.54, 1.807) is 25.2 Å². The molecule has 4 atom stereocenters. The molecule has 124 valence electrons. The Morgan fingerprint density at radius 1 is 1.25 bits per heavy atom. The molecule has 1 heterocycles. The normalized spacial score (nSPS) is 27.7. The van der Waals surface area contributed by atoms with E-state index in [-0.39, 0.29) is 17.7 Å². The predicted octanol–water partition coefficient (Wildman–Crippen LogP) is 1.59. The number of benzene rings is 1. The summed E-state index contributed by atoms with van der Waals surface area (Å²) in [5.41, 5.74) is 1.49. The van der Waals surface area contributed by atoms with Crippen LogP contribution in [0.1, 0.15) is 6.42 Å². The zero-order valence-electron chi connectivity index (χ0n) is 12.9. The quantitative estimate of drug-likeness (QED) is 0.833. The van der Waals surface area contributed by atoms with Crippen molar-refractivity contribution < 1.29 is 19.1 Å². The average molecular weight is 328 g/mol. The number of carboxylic acid groups (broad SMARTS) is 1. The maximum atomic E-state index is 12.6. The highest BCUT2D eigenvalue weighted by atomic mass is 16.4. The van der Waals surface area contributed by atoms with Crippen molar-refractivity contribution in [3.05, 3.63) is 40.9 Å². The van der Waals surface area contributed by atoms with E-state index in [1.165, 1.54) is 4.57 Å². The molecule has 0 radical (unpaired) electrons. The lowest BCUT2D eigenvalue weighted by atomic mass is 9.82. The second kappa shape index (κ2) is 5.09. The fourth-order valence-corrected chi connectivity index (χ4v) is 3.95. The number of carboxylic acids is 1. The number of fused-ring (bicyclic) bond motifs is 3. The number of carbonyl (C=O) groups excluding carboxylic acids is 1. The monoisotopic (exact) mass is 328 g/mol. The molecule has 0 saturated heterocycles. The molecule has 2 N–H and O–H groups in total. The van der Waals surface area contributed by atoms with E-state index in [4.69, 9.17) is 4.42 Å². The Kier molecular flexibility index (Phi) is 3.13. The van der Waals surface area contributed by atoms with Gasteiger partial charge in [-0.3, -0.25) is 14.2 Å². The molecular formula is C17H16N2O5. The van der Waals surface area contributed by atoms with E-state index in [1.807, 2.05) is 12.2 Å². The molecule has 2 aromatic rings. The third kappa shape index (κ3) is 2.08. The van der Waals surface area contributed by atoms with Crippen molar-refractivity contribution >= 4 is 28.7 Å². The lowest BCUT2D eigenvalue weighted by Gasteiger charge is -2.23. The Labute approximate surface area is 136 Å². The number of allylic oxidation sites excluding steroid dienone is 2. The number of anilines is 1. The summed E-state index contributed by atoms with van der Waals surface area (Å²) in [6.07, 6.45) is 4.55. The summed E-state index contributed by atoms with van der Waals surface area (Å²) in [4.78, 5) is 35.7. The summed E-state index contributed by atoms with van der Waals surface area (Å²) in [6, 6.07) is 4.94. The Bertz CT molecular complexity index is 938. The van der Waals surface area contributed by atoms with Crippen LogP contribution in [-0.2, 0) is 16.6 Å². The molecule has 1 fully saturated rings. The molecule has 7 nitrogen and oxygen atoms in total. The van der Waals surface area contributed by atoms with Crippen LogP contribution >= 0.6 is 0 Å². The zero-order valence-corrected chi connectivity index (χ0v) is 12.9. The topological polar surface area (TPSA) is 102 Å². The van der Waals surface area contributed by atoms with Gasteiger partial charge >= 0.3 is 11.7 Å². The van der Waals surface area contributed by atoms with Crippen LogP contribution in [0.2, 0.25) is 0 Å². The first-order valence-electron chi connectivity index (χ1n) is 7.77. The van der Waals surface area contributed by atoms with Crippen LogP contribution < -0.4 is 11.1 Å². The van der Waals surface area contributed by atoms with Crippen LogP contribution in [0.4, 0.5) is 5.69 Å². The van der Waals surface area contributed by atoms with Crippen molar-refractivity contribution in [2.45, 2.75) is 6.42 Å². The van der Waals surface area contributed by atoms with Gasteiger partial charge in [-0.1, -0.05) is 12.2 Å². The minimum atomic E-state index is -0.934. The molecule has 2 bridgehead atoms. The smallest absolute Gasteiger partial charge is 0.419 e. The molecule has 1 aromatic heterocycles. The average Bonchev–Trinajstić information content (AvgIpc) is 3.21. The number of amides is 1. The van der Waals surface area contributed by atoms with Gasteiger partial charge in [0.2, 0.25) is 5.91 Å². The summed E-state index contributed by atoms with van der Waals surface area (Å²) in [7, 11) is 1.60. The molecule has 1 saturated carbocycles.